The fourth-order valence-electron chi connectivity index (χ4n) is 2.72. The van der Waals surface area contributed by atoms with Crippen molar-refractivity contribution < 1.29 is 28.6 Å². The van der Waals surface area contributed by atoms with E-state index in [0.29, 0.717) is 30.2 Å². The molecule has 0 atom stereocenters. The summed E-state index contributed by atoms with van der Waals surface area (Å²) in [6.07, 6.45) is 3.08. The monoisotopic (exact) mass is 348 g/mol. The quantitative estimate of drug-likeness (QED) is 0.787. The van der Waals surface area contributed by atoms with Crippen LogP contribution in [0.1, 0.15) is 29.6 Å². The zero-order valence-corrected chi connectivity index (χ0v) is 13.8. The van der Waals surface area contributed by atoms with Gasteiger partial charge in [-0.05, 0) is 37.5 Å². The van der Waals surface area contributed by atoms with Crippen molar-refractivity contribution in [2.45, 2.75) is 19.3 Å². The number of amides is 2. The number of nitrogens with one attached hydrogen (secondary N) is 1. The summed E-state index contributed by atoms with van der Waals surface area (Å²) >= 11 is 0. The minimum absolute atomic E-state index is 0.123. The smallest absolute Gasteiger partial charge is 0.325 e. The molecule has 1 fully saturated rings. The zero-order valence-electron chi connectivity index (χ0n) is 13.8. The molecule has 3 rings (SSSR count). The van der Waals surface area contributed by atoms with Gasteiger partial charge in [-0.1, -0.05) is 0 Å². The first kappa shape index (κ1) is 17.1. The molecule has 0 spiro atoms. The summed E-state index contributed by atoms with van der Waals surface area (Å²) in [7, 11) is 0. The first-order valence-corrected chi connectivity index (χ1v) is 8.25. The lowest BCUT2D eigenvalue weighted by Gasteiger charge is -2.26. The molecule has 0 aliphatic carbocycles. The number of ether oxygens (including phenoxy) is 3. The van der Waals surface area contributed by atoms with Gasteiger partial charge in [-0.3, -0.25) is 14.4 Å². The van der Waals surface area contributed by atoms with Crippen molar-refractivity contribution in [3.05, 3.63) is 23.8 Å². The highest BCUT2D eigenvalue weighted by atomic mass is 16.7. The van der Waals surface area contributed by atoms with E-state index in [0.717, 1.165) is 19.3 Å². The Bertz CT molecular complexity index is 669. The molecule has 0 aromatic heterocycles. The van der Waals surface area contributed by atoms with Crippen LogP contribution in [0.3, 0.4) is 0 Å². The Hall–Kier alpha value is -2.77. The molecular weight excluding hydrogens is 328 g/mol. The summed E-state index contributed by atoms with van der Waals surface area (Å²) in [6, 6.07) is 4.75. The number of benzene rings is 1. The molecule has 2 aliphatic heterocycles. The fourth-order valence-corrected chi connectivity index (χ4v) is 2.72. The minimum Gasteiger partial charge on any atom is -0.454 e. The van der Waals surface area contributed by atoms with Crippen molar-refractivity contribution >= 4 is 17.8 Å². The van der Waals surface area contributed by atoms with Crippen LogP contribution in [0, 0.1) is 0 Å². The van der Waals surface area contributed by atoms with Crippen LogP contribution in [-0.4, -0.2) is 55.7 Å². The Labute approximate surface area is 145 Å². The largest absolute Gasteiger partial charge is 0.454 e. The van der Waals surface area contributed by atoms with Crippen LogP contribution in [0.5, 0.6) is 11.5 Å². The molecule has 1 saturated heterocycles. The zero-order chi connectivity index (χ0) is 17.6. The number of hydrogen-bond donors (Lipinski definition) is 1. The van der Waals surface area contributed by atoms with Gasteiger partial charge >= 0.3 is 5.97 Å². The van der Waals surface area contributed by atoms with E-state index in [1.54, 1.807) is 23.1 Å². The maximum absolute atomic E-state index is 12.0. The van der Waals surface area contributed by atoms with E-state index in [1.165, 1.54) is 0 Å². The van der Waals surface area contributed by atoms with E-state index in [-0.39, 0.29) is 25.9 Å². The second-order valence-electron chi connectivity index (χ2n) is 5.85. The van der Waals surface area contributed by atoms with Gasteiger partial charge in [0.15, 0.2) is 18.1 Å². The molecule has 0 bridgehead atoms. The van der Waals surface area contributed by atoms with Crippen molar-refractivity contribution in [3.63, 3.8) is 0 Å². The summed E-state index contributed by atoms with van der Waals surface area (Å²) in [5.41, 5.74) is 0.349. The first-order valence-electron chi connectivity index (χ1n) is 8.25. The minimum atomic E-state index is -0.653. The van der Waals surface area contributed by atoms with E-state index in [2.05, 4.69) is 5.32 Å². The van der Waals surface area contributed by atoms with Crippen LogP contribution in [0.15, 0.2) is 18.2 Å². The molecule has 1 N–H and O–H groups in total. The van der Waals surface area contributed by atoms with Gasteiger partial charge < -0.3 is 24.4 Å². The standard InChI is InChI=1S/C17H20N2O6/c20-15(19-6-2-1-3-7-19)10-23-16(21)9-18-17(22)12-4-5-13-14(8-12)25-11-24-13/h4-5,8H,1-3,6-7,9-11H2,(H,18,22). The number of nitrogens with zero attached hydrogens (tertiary/aromatic N) is 1. The number of likely N-dealkylation sites (tertiary alicyclic amines) is 1. The maximum Gasteiger partial charge on any atom is 0.325 e. The Balaban J connectivity index is 1.41. The van der Waals surface area contributed by atoms with E-state index in [1.807, 2.05) is 0 Å². The number of rotatable bonds is 5. The van der Waals surface area contributed by atoms with Gasteiger partial charge in [0.25, 0.3) is 11.8 Å². The molecule has 1 aromatic carbocycles. The van der Waals surface area contributed by atoms with Crippen LogP contribution in [0.25, 0.3) is 0 Å². The first-order chi connectivity index (χ1) is 12.1. The number of esters is 1. The van der Waals surface area contributed by atoms with Crippen LogP contribution in [0.4, 0.5) is 0 Å². The molecule has 0 unspecified atom stereocenters. The van der Waals surface area contributed by atoms with E-state index < -0.39 is 11.9 Å². The summed E-state index contributed by atoms with van der Waals surface area (Å²) in [6.45, 7) is 0.936. The molecule has 0 radical (unpaired) electrons. The molecule has 2 aliphatic rings. The van der Waals surface area contributed by atoms with Gasteiger partial charge in [0.2, 0.25) is 6.79 Å². The lowest BCUT2D eigenvalue weighted by Crippen LogP contribution is -2.39. The third-order valence-corrected chi connectivity index (χ3v) is 4.09. The molecule has 8 heteroatoms. The molecule has 2 heterocycles. The lowest BCUT2D eigenvalue weighted by atomic mass is 10.1. The Morgan fingerprint density at radius 1 is 1.08 bits per heavy atom. The number of fused-ring (bicyclic) bond motifs is 1. The van der Waals surface area contributed by atoms with Crippen molar-refractivity contribution in [2.75, 3.05) is 33.0 Å². The van der Waals surface area contributed by atoms with E-state index in [4.69, 9.17) is 14.2 Å². The molecule has 134 valence electrons. The van der Waals surface area contributed by atoms with Crippen molar-refractivity contribution in [1.82, 2.24) is 10.2 Å². The second kappa shape index (κ2) is 7.87. The topological polar surface area (TPSA) is 94.2 Å². The number of carbonyl (C=O) groups excluding carboxylic acids is 3. The van der Waals surface area contributed by atoms with Crippen LogP contribution in [0.2, 0.25) is 0 Å². The predicted octanol–water partition coefficient (Wildman–Crippen LogP) is 0.701. The van der Waals surface area contributed by atoms with Gasteiger partial charge in [-0.25, -0.2) is 0 Å². The Morgan fingerprint density at radius 3 is 2.64 bits per heavy atom. The maximum atomic E-state index is 12.0. The summed E-state index contributed by atoms with van der Waals surface area (Å²) in [5, 5.41) is 2.46. The molecule has 2 amide bonds. The third-order valence-electron chi connectivity index (χ3n) is 4.09. The number of hydrogen-bond acceptors (Lipinski definition) is 6. The van der Waals surface area contributed by atoms with Crippen molar-refractivity contribution in [1.29, 1.82) is 0 Å². The SMILES string of the molecule is O=C(CNC(=O)c1ccc2c(c1)OCO2)OCC(=O)N1CCCCC1. The predicted molar refractivity (Wildman–Crippen MR) is 86.3 cm³/mol. The molecular formula is C17H20N2O6. The van der Waals surface area contributed by atoms with Gasteiger partial charge in [0.05, 0.1) is 0 Å². The summed E-state index contributed by atoms with van der Waals surface area (Å²) < 4.78 is 15.3. The molecule has 8 nitrogen and oxygen atoms in total. The van der Waals surface area contributed by atoms with Gasteiger partial charge in [-0.15, -0.1) is 0 Å². The van der Waals surface area contributed by atoms with Gasteiger partial charge in [0.1, 0.15) is 6.54 Å². The van der Waals surface area contributed by atoms with Crippen LogP contribution in [-0.2, 0) is 14.3 Å². The van der Waals surface area contributed by atoms with Crippen molar-refractivity contribution in [2.24, 2.45) is 0 Å². The average Bonchev–Trinajstić information content (AvgIpc) is 3.12. The van der Waals surface area contributed by atoms with Gasteiger partial charge in [0, 0.05) is 18.7 Å². The normalized spacial score (nSPS) is 15.6. The number of piperidine rings is 1. The highest BCUT2D eigenvalue weighted by Crippen LogP contribution is 2.32. The van der Waals surface area contributed by atoms with E-state index >= 15 is 0 Å². The number of carbonyl (C=O) groups is 3. The molecule has 0 saturated carbocycles. The van der Waals surface area contributed by atoms with Crippen LogP contribution >= 0.6 is 0 Å². The Kier molecular flexibility index (Phi) is 5.37. The highest BCUT2D eigenvalue weighted by molar-refractivity contribution is 5.96. The summed E-state index contributed by atoms with van der Waals surface area (Å²) in [4.78, 5) is 37.3. The molecule has 1 aromatic rings. The Morgan fingerprint density at radius 2 is 1.84 bits per heavy atom. The fraction of sp³-hybridized carbons (Fsp3) is 0.471. The van der Waals surface area contributed by atoms with E-state index in [9.17, 15) is 14.4 Å². The third kappa shape index (κ3) is 4.40. The van der Waals surface area contributed by atoms with Crippen molar-refractivity contribution in [3.8, 4) is 11.5 Å². The van der Waals surface area contributed by atoms with Gasteiger partial charge in [-0.2, -0.15) is 0 Å². The molecule has 25 heavy (non-hydrogen) atoms. The second-order valence-corrected chi connectivity index (χ2v) is 5.85. The highest BCUT2D eigenvalue weighted by Gasteiger charge is 2.19. The summed E-state index contributed by atoms with van der Waals surface area (Å²) in [5.74, 6) is -0.221. The average molecular weight is 348 g/mol. The van der Waals surface area contributed by atoms with Crippen LogP contribution < -0.4 is 14.8 Å². The lowest BCUT2D eigenvalue weighted by molar-refractivity contribution is -0.151.